The first-order chi connectivity index (χ1) is 6.35. The lowest BCUT2D eigenvalue weighted by Gasteiger charge is -1.89. The van der Waals surface area contributed by atoms with Crippen LogP contribution < -0.4 is 0 Å². The Bertz CT molecular complexity index is 507. The van der Waals surface area contributed by atoms with E-state index in [0.29, 0.717) is 23.1 Å². The van der Waals surface area contributed by atoms with Gasteiger partial charge in [0.25, 0.3) is 0 Å². The van der Waals surface area contributed by atoms with Crippen molar-refractivity contribution in [2.24, 2.45) is 0 Å². The molecule has 0 unspecified atom stereocenters. The summed E-state index contributed by atoms with van der Waals surface area (Å²) in [6.07, 6.45) is 0.673. The Kier molecular flexibility index (Phi) is 1.57. The van der Waals surface area contributed by atoms with Crippen LogP contribution in [0.15, 0.2) is 18.2 Å². The Morgan fingerprint density at radius 1 is 1.54 bits per heavy atom. The van der Waals surface area contributed by atoms with Gasteiger partial charge in [0.2, 0.25) is 0 Å². The number of H-pyrrole nitrogens is 1. The minimum Gasteiger partial charge on any atom is -0.296 e. The molecule has 2 rings (SSSR count). The molecule has 0 spiro atoms. The van der Waals surface area contributed by atoms with Gasteiger partial charge in [-0.2, -0.15) is 5.10 Å². The summed E-state index contributed by atoms with van der Waals surface area (Å²) >= 11 is 0. The molecule has 0 aliphatic rings. The minimum atomic E-state index is 0.348. The van der Waals surface area contributed by atoms with Crippen LogP contribution in [0.2, 0.25) is 0 Å². The maximum absolute atomic E-state index is 10.5. The van der Waals surface area contributed by atoms with E-state index in [4.69, 9.17) is 6.57 Å². The normalized spacial score (nSPS) is 9.77. The lowest BCUT2D eigenvalue weighted by atomic mass is 10.2. The molecule has 0 fully saturated rings. The van der Waals surface area contributed by atoms with Crippen LogP contribution in [-0.2, 0) is 0 Å². The fraction of sp³-hybridized carbons (Fsp3) is 0. The highest BCUT2D eigenvalue weighted by molar-refractivity contribution is 5.96. The molecule has 0 atom stereocenters. The van der Waals surface area contributed by atoms with E-state index in [9.17, 15) is 4.79 Å². The Hall–Kier alpha value is -2.15. The molecule has 1 aromatic heterocycles. The lowest BCUT2D eigenvalue weighted by Crippen LogP contribution is -1.77. The molecule has 62 valence electrons. The van der Waals surface area contributed by atoms with E-state index in [1.54, 1.807) is 18.2 Å². The van der Waals surface area contributed by atoms with Crippen LogP contribution in [-0.4, -0.2) is 16.5 Å². The molecule has 0 aliphatic carbocycles. The van der Waals surface area contributed by atoms with Gasteiger partial charge in [-0.05, 0) is 12.1 Å². The molecule has 0 amide bonds. The van der Waals surface area contributed by atoms with Gasteiger partial charge in [0.15, 0.2) is 12.0 Å². The van der Waals surface area contributed by atoms with Gasteiger partial charge in [0.1, 0.15) is 5.69 Å². The number of carbonyl (C=O) groups excluding carboxylic acids is 1. The van der Waals surface area contributed by atoms with Crippen molar-refractivity contribution in [3.63, 3.8) is 0 Å². The number of hydrogen-bond donors (Lipinski definition) is 1. The maximum atomic E-state index is 10.5. The number of fused-ring (bicyclic) bond motifs is 1. The number of aldehydes is 1. The summed E-state index contributed by atoms with van der Waals surface area (Å²) in [5.41, 5.74) is 1.63. The third kappa shape index (κ3) is 1.07. The highest BCUT2D eigenvalue weighted by atomic mass is 16.1. The van der Waals surface area contributed by atoms with Crippen LogP contribution in [0, 0.1) is 6.57 Å². The number of benzene rings is 1. The average molecular weight is 171 g/mol. The molecule has 0 saturated heterocycles. The number of aromatic nitrogens is 2. The van der Waals surface area contributed by atoms with E-state index in [1.807, 2.05) is 0 Å². The first kappa shape index (κ1) is 7.50. The highest BCUT2D eigenvalue weighted by Crippen LogP contribution is 2.21. The quantitative estimate of drug-likeness (QED) is 0.526. The van der Waals surface area contributed by atoms with Gasteiger partial charge in [0, 0.05) is 5.39 Å². The van der Waals surface area contributed by atoms with Gasteiger partial charge in [-0.15, -0.1) is 0 Å². The molecule has 1 N–H and O–H groups in total. The highest BCUT2D eigenvalue weighted by Gasteiger charge is 2.04. The SMILES string of the molecule is [C-]#[N+]c1ccc2[nH]nc(C=O)c2c1. The molecular weight excluding hydrogens is 166 g/mol. The van der Waals surface area contributed by atoms with Crippen LogP contribution in [0.5, 0.6) is 0 Å². The summed E-state index contributed by atoms with van der Waals surface area (Å²) in [6, 6.07) is 5.07. The maximum Gasteiger partial charge on any atom is 0.188 e. The van der Waals surface area contributed by atoms with Gasteiger partial charge < -0.3 is 0 Å². The van der Waals surface area contributed by atoms with E-state index < -0.39 is 0 Å². The standard InChI is InChI=1S/C9H5N3O/c1-10-6-2-3-8-7(4-6)9(5-13)12-11-8/h2-5H,(H,11,12). The second kappa shape index (κ2) is 2.72. The van der Waals surface area contributed by atoms with Crippen molar-refractivity contribution in [2.45, 2.75) is 0 Å². The fourth-order valence-corrected chi connectivity index (χ4v) is 1.18. The number of rotatable bonds is 1. The van der Waals surface area contributed by atoms with Crippen LogP contribution in [0.1, 0.15) is 10.5 Å². The molecule has 1 aromatic carbocycles. The molecule has 0 radical (unpaired) electrons. The molecule has 4 nitrogen and oxygen atoms in total. The second-order valence-corrected chi connectivity index (χ2v) is 2.57. The van der Waals surface area contributed by atoms with E-state index >= 15 is 0 Å². The molecular formula is C9H5N3O. The van der Waals surface area contributed by atoms with Gasteiger partial charge in [-0.25, -0.2) is 4.85 Å². The Labute approximate surface area is 74.0 Å². The summed E-state index contributed by atoms with van der Waals surface area (Å²) < 4.78 is 0. The molecule has 13 heavy (non-hydrogen) atoms. The predicted octanol–water partition coefficient (Wildman–Crippen LogP) is 1.93. The number of hydrogen-bond acceptors (Lipinski definition) is 2. The first-order valence-corrected chi connectivity index (χ1v) is 3.66. The van der Waals surface area contributed by atoms with Gasteiger partial charge >= 0.3 is 0 Å². The van der Waals surface area contributed by atoms with Crippen LogP contribution in [0.3, 0.4) is 0 Å². The van der Waals surface area contributed by atoms with Crippen molar-refractivity contribution in [1.82, 2.24) is 10.2 Å². The minimum absolute atomic E-state index is 0.348. The summed E-state index contributed by atoms with van der Waals surface area (Å²) in [7, 11) is 0. The summed E-state index contributed by atoms with van der Waals surface area (Å²) in [6.45, 7) is 6.81. The van der Waals surface area contributed by atoms with Crippen molar-refractivity contribution >= 4 is 22.9 Å². The van der Waals surface area contributed by atoms with Crippen molar-refractivity contribution in [2.75, 3.05) is 0 Å². The van der Waals surface area contributed by atoms with E-state index in [1.165, 1.54) is 0 Å². The monoisotopic (exact) mass is 171 g/mol. The summed E-state index contributed by atoms with van der Waals surface area (Å²) in [4.78, 5) is 13.8. The molecule has 2 aromatic rings. The Morgan fingerprint density at radius 2 is 2.38 bits per heavy atom. The third-order valence-electron chi connectivity index (χ3n) is 1.82. The van der Waals surface area contributed by atoms with Crippen LogP contribution in [0.25, 0.3) is 15.7 Å². The number of aromatic amines is 1. The fourth-order valence-electron chi connectivity index (χ4n) is 1.18. The zero-order valence-electron chi connectivity index (χ0n) is 6.61. The Balaban J connectivity index is 2.80. The lowest BCUT2D eigenvalue weighted by molar-refractivity contribution is 0.112. The zero-order chi connectivity index (χ0) is 9.26. The predicted molar refractivity (Wildman–Crippen MR) is 47.7 cm³/mol. The number of nitrogens with zero attached hydrogens (tertiary/aromatic N) is 2. The number of nitrogens with one attached hydrogen (secondary N) is 1. The molecule has 4 heteroatoms. The average Bonchev–Trinajstić information content (AvgIpc) is 2.59. The molecule has 0 aliphatic heterocycles. The zero-order valence-corrected chi connectivity index (χ0v) is 6.61. The van der Waals surface area contributed by atoms with E-state index in [2.05, 4.69) is 15.0 Å². The van der Waals surface area contributed by atoms with Crippen LogP contribution in [0.4, 0.5) is 5.69 Å². The van der Waals surface area contributed by atoms with Gasteiger partial charge in [0.05, 0.1) is 12.1 Å². The topological polar surface area (TPSA) is 50.1 Å². The molecule has 1 heterocycles. The van der Waals surface area contributed by atoms with Crippen molar-refractivity contribution < 1.29 is 4.79 Å². The Morgan fingerprint density at radius 3 is 3.08 bits per heavy atom. The van der Waals surface area contributed by atoms with Crippen molar-refractivity contribution in [3.05, 3.63) is 35.3 Å². The summed E-state index contributed by atoms with van der Waals surface area (Å²) in [5, 5.41) is 7.20. The van der Waals surface area contributed by atoms with Crippen molar-refractivity contribution in [3.8, 4) is 0 Å². The van der Waals surface area contributed by atoms with E-state index in [-0.39, 0.29) is 0 Å². The smallest absolute Gasteiger partial charge is 0.188 e. The largest absolute Gasteiger partial charge is 0.296 e. The van der Waals surface area contributed by atoms with Crippen LogP contribution >= 0.6 is 0 Å². The second-order valence-electron chi connectivity index (χ2n) is 2.57. The van der Waals surface area contributed by atoms with Gasteiger partial charge in [-0.3, -0.25) is 9.89 Å². The number of carbonyl (C=O) groups is 1. The third-order valence-corrected chi connectivity index (χ3v) is 1.82. The van der Waals surface area contributed by atoms with Crippen molar-refractivity contribution in [1.29, 1.82) is 0 Å². The molecule has 0 bridgehead atoms. The van der Waals surface area contributed by atoms with E-state index in [0.717, 1.165) is 5.52 Å². The molecule has 0 saturated carbocycles. The van der Waals surface area contributed by atoms with Gasteiger partial charge in [-0.1, -0.05) is 6.07 Å². The first-order valence-electron chi connectivity index (χ1n) is 3.66. The summed E-state index contributed by atoms with van der Waals surface area (Å²) in [5.74, 6) is 0.